The second-order valence-corrected chi connectivity index (χ2v) is 7.57. The largest absolute Gasteiger partial charge is 0.310 e. The Morgan fingerprint density at radius 3 is 2.89 bits per heavy atom. The van der Waals surface area contributed by atoms with Gasteiger partial charge in [0.15, 0.2) is 0 Å². The van der Waals surface area contributed by atoms with Crippen LogP contribution in [0.5, 0.6) is 0 Å². The molecule has 0 saturated heterocycles. The highest BCUT2D eigenvalue weighted by atomic mass is 16.1. The van der Waals surface area contributed by atoms with E-state index in [1.54, 1.807) is 0 Å². The predicted octanol–water partition coefficient (Wildman–Crippen LogP) is 4.68. The highest BCUT2D eigenvalue weighted by molar-refractivity contribution is 6.12. The molecule has 0 bridgehead atoms. The van der Waals surface area contributed by atoms with Crippen molar-refractivity contribution >= 4 is 34.3 Å². The summed E-state index contributed by atoms with van der Waals surface area (Å²) in [6.07, 6.45) is 7.66. The van der Waals surface area contributed by atoms with Crippen molar-refractivity contribution in [3.8, 4) is 0 Å². The molecule has 4 heteroatoms. The van der Waals surface area contributed by atoms with Gasteiger partial charge in [0, 0.05) is 17.8 Å². The summed E-state index contributed by atoms with van der Waals surface area (Å²) in [5.74, 6) is 0.528. The third kappa shape index (κ3) is 3.01. The molecule has 0 spiro atoms. The molecule has 2 aromatic carbocycles. The van der Waals surface area contributed by atoms with Crippen LogP contribution in [0.3, 0.4) is 0 Å². The number of rotatable bonds is 3. The molecule has 1 unspecified atom stereocenters. The molecular formula is C24H21N3O. The topological polar surface area (TPSA) is 54.4 Å². The van der Waals surface area contributed by atoms with Crippen molar-refractivity contribution in [1.82, 2.24) is 4.98 Å². The van der Waals surface area contributed by atoms with Crippen LogP contribution >= 0.6 is 0 Å². The monoisotopic (exact) mass is 367 g/mol. The lowest BCUT2D eigenvalue weighted by Gasteiger charge is -2.13. The molecule has 0 saturated carbocycles. The van der Waals surface area contributed by atoms with Crippen LogP contribution in [0.25, 0.3) is 16.3 Å². The Hall–Kier alpha value is -3.27. The van der Waals surface area contributed by atoms with Gasteiger partial charge in [0.25, 0.3) is 0 Å². The maximum atomic E-state index is 12.9. The van der Waals surface area contributed by atoms with Crippen LogP contribution in [-0.2, 0) is 11.2 Å². The summed E-state index contributed by atoms with van der Waals surface area (Å²) in [6.45, 7) is 2.84. The molecule has 1 N–H and O–H groups in total. The van der Waals surface area contributed by atoms with E-state index in [1.807, 2.05) is 18.5 Å². The zero-order valence-corrected chi connectivity index (χ0v) is 15.8. The Labute approximate surface area is 164 Å². The van der Waals surface area contributed by atoms with Crippen molar-refractivity contribution in [2.45, 2.75) is 25.7 Å². The number of hydrogen-bond acceptors (Lipinski definition) is 3. The van der Waals surface area contributed by atoms with Crippen molar-refractivity contribution < 1.29 is 4.79 Å². The Kier molecular flexibility index (Phi) is 4.05. The van der Waals surface area contributed by atoms with Gasteiger partial charge in [-0.3, -0.25) is 9.79 Å². The van der Waals surface area contributed by atoms with E-state index in [4.69, 9.17) is 0 Å². The number of benzene rings is 2. The van der Waals surface area contributed by atoms with Gasteiger partial charge in [0.2, 0.25) is 5.91 Å². The number of aliphatic imine (C=N–C) groups is 1. The van der Waals surface area contributed by atoms with Gasteiger partial charge in [0.1, 0.15) is 5.82 Å². The van der Waals surface area contributed by atoms with Crippen LogP contribution in [0.4, 0.5) is 5.82 Å². The van der Waals surface area contributed by atoms with Crippen LogP contribution in [0.15, 0.2) is 59.7 Å². The number of nitrogens with one attached hydrogen (secondary N) is 1. The molecule has 3 aromatic rings. The zero-order valence-electron chi connectivity index (χ0n) is 15.8. The molecule has 1 amide bonds. The van der Waals surface area contributed by atoms with Crippen molar-refractivity contribution in [3.63, 3.8) is 0 Å². The van der Waals surface area contributed by atoms with Crippen molar-refractivity contribution in [2.75, 3.05) is 11.9 Å². The Morgan fingerprint density at radius 2 is 2.04 bits per heavy atom. The van der Waals surface area contributed by atoms with E-state index in [-0.39, 0.29) is 11.8 Å². The van der Waals surface area contributed by atoms with Gasteiger partial charge in [-0.2, -0.15) is 0 Å². The molecule has 28 heavy (non-hydrogen) atoms. The summed E-state index contributed by atoms with van der Waals surface area (Å²) in [6, 6.07) is 14.6. The number of amides is 1. The number of pyridine rings is 1. The SMILES string of the molecule is Cc1ccc2c(c1)CCC2C(=O)Nc1cc2cc(C3=CCN=C3)ccc2cn1. The van der Waals surface area contributed by atoms with Crippen molar-refractivity contribution in [1.29, 1.82) is 0 Å². The molecule has 5 rings (SSSR count). The van der Waals surface area contributed by atoms with Gasteiger partial charge in [-0.25, -0.2) is 4.98 Å². The molecule has 138 valence electrons. The Bertz CT molecular complexity index is 1160. The van der Waals surface area contributed by atoms with Gasteiger partial charge < -0.3 is 5.32 Å². The molecule has 0 radical (unpaired) electrons. The average Bonchev–Trinajstić information content (AvgIpc) is 3.37. The summed E-state index contributed by atoms with van der Waals surface area (Å²) < 4.78 is 0. The van der Waals surface area contributed by atoms with Gasteiger partial charge in [0.05, 0.1) is 12.5 Å². The van der Waals surface area contributed by atoms with E-state index < -0.39 is 0 Å². The van der Waals surface area contributed by atoms with Crippen LogP contribution < -0.4 is 5.32 Å². The van der Waals surface area contributed by atoms with Gasteiger partial charge >= 0.3 is 0 Å². The Balaban J connectivity index is 1.41. The van der Waals surface area contributed by atoms with Crippen LogP contribution in [0.1, 0.15) is 34.6 Å². The lowest BCUT2D eigenvalue weighted by molar-refractivity contribution is -0.117. The molecule has 2 heterocycles. The molecular weight excluding hydrogens is 346 g/mol. The van der Waals surface area contributed by atoms with E-state index in [0.29, 0.717) is 5.82 Å². The number of allylic oxidation sites excluding steroid dienone is 1. The van der Waals surface area contributed by atoms with Crippen LogP contribution in [-0.4, -0.2) is 23.7 Å². The van der Waals surface area contributed by atoms with E-state index in [0.717, 1.165) is 46.9 Å². The summed E-state index contributed by atoms with van der Waals surface area (Å²) in [7, 11) is 0. The third-order valence-corrected chi connectivity index (χ3v) is 5.65. The quantitative estimate of drug-likeness (QED) is 0.731. The van der Waals surface area contributed by atoms with Gasteiger partial charge in [-0.1, -0.05) is 42.0 Å². The molecule has 4 nitrogen and oxygen atoms in total. The summed E-state index contributed by atoms with van der Waals surface area (Å²) >= 11 is 0. The number of fused-ring (bicyclic) bond motifs is 2. The number of hydrogen-bond donors (Lipinski definition) is 1. The fraction of sp³-hybridized carbons (Fsp3) is 0.208. The number of nitrogens with zero attached hydrogens (tertiary/aromatic N) is 2. The predicted molar refractivity (Wildman–Crippen MR) is 114 cm³/mol. The minimum atomic E-state index is -0.0979. The van der Waals surface area contributed by atoms with Crippen molar-refractivity contribution in [2.24, 2.45) is 4.99 Å². The second kappa shape index (κ2) is 6.71. The van der Waals surface area contributed by atoms with E-state index in [9.17, 15) is 4.79 Å². The summed E-state index contributed by atoms with van der Waals surface area (Å²) in [5.41, 5.74) is 5.97. The molecule has 1 aromatic heterocycles. The number of carbonyl (C=O) groups is 1. The molecule has 1 atom stereocenters. The lowest BCUT2D eigenvalue weighted by Crippen LogP contribution is -2.20. The molecule has 1 aliphatic heterocycles. The molecule has 0 fully saturated rings. The number of aryl methyl sites for hydroxylation is 2. The van der Waals surface area contributed by atoms with Crippen LogP contribution in [0, 0.1) is 6.92 Å². The highest BCUT2D eigenvalue weighted by Crippen LogP contribution is 2.34. The van der Waals surface area contributed by atoms with E-state index in [1.165, 1.54) is 11.1 Å². The fourth-order valence-corrected chi connectivity index (χ4v) is 4.17. The van der Waals surface area contributed by atoms with Gasteiger partial charge in [-0.15, -0.1) is 0 Å². The molecule has 2 aliphatic rings. The first-order chi connectivity index (χ1) is 13.7. The van der Waals surface area contributed by atoms with Crippen molar-refractivity contribution in [3.05, 3.63) is 77.0 Å². The third-order valence-electron chi connectivity index (χ3n) is 5.65. The lowest BCUT2D eigenvalue weighted by atomic mass is 9.99. The fourth-order valence-electron chi connectivity index (χ4n) is 4.17. The normalized spacial score (nSPS) is 17.6. The summed E-state index contributed by atoms with van der Waals surface area (Å²) in [4.78, 5) is 21.6. The van der Waals surface area contributed by atoms with Gasteiger partial charge in [-0.05, 0) is 59.5 Å². The second-order valence-electron chi connectivity index (χ2n) is 7.57. The maximum absolute atomic E-state index is 12.9. The minimum absolute atomic E-state index is 0.0243. The standard InChI is InChI=1S/C24H21N3O/c1-15-2-6-21-17(10-15)5-7-22(21)24(28)27-23-12-20-11-16(19-8-9-25-13-19)3-4-18(20)14-26-23/h2-4,6,8,10-14,22H,5,7,9H2,1H3,(H,26,27,28). The van der Waals surface area contributed by atoms with E-state index >= 15 is 0 Å². The average molecular weight is 367 g/mol. The first-order valence-corrected chi connectivity index (χ1v) is 9.68. The van der Waals surface area contributed by atoms with E-state index in [2.05, 4.69) is 64.7 Å². The number of aromatic nitrogens is 1. The summed E-state index contributed by atoms with van der Waals surface area (Å²) in [5, 5.41) is 5.15. The Morgan fingerprint density at radius 1 is 1.11 bits per heavy atom. The highest BCUT2D eigenvalue weighted by Gasteiger charge is 2.28. The molecule has 1 aliphatic carbocycles. The first-order valence-electron chi connectivity index (χ1n) is 9.68. The number of anilines is 1. The number of carbonyl (C=O) groups excluding carboxylic acids is 1. The zero-order chi connectivity index (χ0) is 19.1. The minimum Gasteiger partial charge on any atom is -0.310 e. The smallest absolute Gasteiger partial charge is 0.233 e. The first kappa shape index (κ1) is 16.9. The maximum Gasteiger partial charge on any atom is 0.233 e. The van der Waals surface area contributed by atoms with Crippen LogP contribution in [0.2, 0.25) is 0 Å².